The van der Waals surface area contributed by atoms with Crippen LogP contribution in [0.25, 0.3) is 0 Å². The van der Waals surface area contributed by atoms with E-state index in [4.69, 9.17) is 63.0 Å². The predicted molar refractivity (Wildman–Crippen MR) is 393 cm³/mol. The summed E-state index contributed by atoms with van der Waals surface area (Å²) >= 11 is 11.1. The van der Waals surface area contributed by atoms with Gasteiger partial charge in [0.25, 0.3) is 0 Å². The zero-order chi connectivity index (χ0) is 79.7. The van der Waals surface area contributed by atoms with Crippen LogP contribution >= 0.6 is 40.1 Å². The molecule has 0 spiro atoms. The van der Waals surface area contributed by atoms with Crippen molar-refractivity contribution in [2.45, 2.75) is 219 Å². The SMILES string of the molecule is CC(C)CC(=O)N[C@H](C(=O)N[C@H](C(=O)N[C@@H](CC(C)C)[C@H](O)CC(=O)N[C@@H](C)C(=O)N[C@@H](CC(C)C)[C@H](O)CC(=O)CCN(CCNC(=S)Nc1ccc(O[C@H]2O[C@H](COP(=O)(O)O)[C@@H](O)[C@H](O)[C@@H]2O)cc1)CCNC(=S)Nc1ccc(O[C@H]2O[C@H](COP(=O)(O)O)[C@@H](O)[C@H](O)[C@@H]2O)cc1)C(C)C)C(C)C. The van der Waals surface area contributed by atoms with Gasteiger partial charge in [-0.1, -0.05) is 69.2 Å². The Morgan fingerprint density at radius 1 is 0.491 bits per heavy atom. The highest BCUT2D eigenvalue weighted by Gasteiger charge is 2.47. The van der Waals surface area contributed by atoms with Gasteiger partial charge >= 0.3 is 15.6 Å². The fourth-order valence-electron chi connectivity index (χ4n) is 11.1. The molecule has 0 saturated carbocycles. The summed E-state index contributed by atoms with van der Waals surface area (Å²) in [5, 5.41) is 112. The molecule has 21 N–H and O–H groups in total. The minimum Gasteiger partial charge on any atom is -0.462 e. The van der Waals surface area contributed by atoms with Crippen LogP contribution in [-0.4, -0.2) is 261 Å². The topological polar surface area (TPSA) is 546 Å². The van der Waals surface area contributed by atoms with Crippen LogP contribution in [0.1, 0.15) is 115 Å². The van der Waals surface area contributed by atoms with Gasteiger partial charge in [0.15, 0.2) is 10.2 Å². The Balaban J connectivity index is 1.39. The lowest BCUT2D eigenvalue weighted by Gasteiger charge is -2.40. The van der Waals surface area contributed by atoms with Crippen molar-refractivity contribution in [1.29, 1.82) is 0 Å². The maximum absolute atomic E-state index is 13.9. The molecule has 2 fully saturated rings. The first-order valence-corrected chi connectivity index (χ1v) is 38.8. The van der Waals surface area contributed by atoms with Gasteiger partial charge in [-0.2, -0.15) is 0 Å². The lowest BCUT2D eigenvalue weighted by Crippen LogP contribution is -2.60. The van der Waals surface area contributed by atoms with Gasteiger partial charge in [0.05, 0.1) is 43.9 Å². The fourth-order valence-corrected chi connectivity index (χ4v) is 12.2. The molecule has 5 amide bonds. The van der Waals surface area contributed by atoms with Gasteiger partial charge < -0.3 is 127 Å². The van der Waals surface area contributed by atoms with Gasteiger partial charge in [-0.25, -0.2) is 9.13 Å². The molecule has 0 bridgehead atoms. The molecule has 0 unspecified atom stereocenters. The van der Waals surface area contributed by atoms with Crippen LogP contribution in [0.5, 0.6) is 11.5 Å². The smallest absolute Gasteiger partial charge is 0.462 e. The summed E-state index contributed by atoms with van der Waals surface area (Å²) in [5.74, 6) is -3.86. The van der Waals surface area contributed by atoms with Gasteiger partial charge in [0.1, 0.15) is 84.2 Å². The van der Waals surface area contributed by atoms with E-state index in [1.165, 1.54) is 31.2 Å². The number of hydrogen-bond donors (Lipinski definition) is 21. The molecular formula is C66H110N10O26P2S2. The molecule has 2 aliphatic heterocycles. The number of amides is 5. The van der Waals surface area contributed by atoms with Crippen LogP contribution in [0, 0.1) is 29.6 Å². The molecule has 36 nitrogen and oxygen atoms in total. The number of aliphatic hydroxyl groups is 8. The second kappa shape index (κ2) is 44.2. The molecular weight excluding hydrogens is 1470 g/mol. The summed E-state index contributed by atoms with van der Waals surface area (Å²) < 4.78 is 53.6. The second-order valence-electron chi connectivity index (χ2n) is 28.2. The summed E-state index contributed by atoms with van der Waals surface area (Å²) in [6.45, 7) is 19.1. The van der Waals surface area contributed by atoms with Crippen LogP contribution in [0.3, 0.4) is 0 Å². The quantitative estimate of drug-likeness (QED) is 0.0286. The third-order valence-electron chi connectivity index (χ3n) is 16.8. The van der Waals surface area contributed by atoms with Gasteiger partial charge in [0, 0.05) is 63.4 Å². The zero-order valence-corrected chi connectivity index (χ0v) is 64.7. The molecule has 2 aromatic rings. The Bertz CT molecular complexity index is 3110. The van der Waals surface area contributed by atoms with E-state index < -0.39 is 169 Å². The second-order valence-corrected chi connectivity index (χ2v) is 31.5. The van der Waals surface area contributed by atoms with Crippen molar-refractivity contribution in [3.05, 3.63) is 48.5 Å². The van der Waals surface area contributed by atoms with E-state index >= 15 is 0 Å². The van der Waals surface area contributed by atoms with Gasteiger partial charge in [-0.05, 0) is 122 Å². The number of hydrogen-bond acceptors (Lipinski definition) is 25. The summed E-state index contributed by atoms with van der Waals surface area (Å²) in [4.78, 5) is 120. The number of ketones is 1. The van der Waals surface area contributed by atoms with Crippen molar-refractivity contribution in [2.24, 2.45) is 29.6 Å². The number of nitrogens with zero attached hydrogens (tertiary/aromatic N) is 1. The van der Waals surface area contributed by atoms with E-state index in [1.807, 2.05) is 46.4 Å². The Morgan fingerprint density at radius 3 is 1.27 bits per heavy atom. The van der Waals surface area contributed by atoms with Crippen molar-refractivity contribution in [2.75, 3.05) is 56.6 Å². The van der Waals surface area contributed by atoms with Crippen molar-refractivity contribution >= 4 is 97.0 Å². The van der Waals surface area contributed by atoms with E-state index in [0.29, 0.717) is 11.4 Å². The average molecular weight is 1590 g/mol. The van der Waals surface area contributed by atoms with Crippen molar-refractivity contribution in [3.63, 3.8) is 0 Å². The maximum atomic E-state index is 13.9. The number of nitrogens with one attached hydrogen (secondary N) is 9. The van der Waals surface area contributed by atoms with Gasteiger partial charge in [-0.3, -0.25) is 42.7 Å². The summed E-state index contributed by atoms with van der Waals surface area (Å²) in [6, 6.07) is 6.95. The first-order chi connectivity index (χ1) is 49.4. The predicted octanol–water partition coefficient (Wildman–Crippen LogP) is -0.792. The highest BCUT2D eigenvalue weighted by atomic mass is 32.1. The third-order valence-corrected chi connectivity index (χ3v) is 18.2. The molecule has 2 heterocycles. The van der Waals surface area contributed by atoms with Crippen LogP contribution in [0.4, 0.5) is 11.4 Å². The molecule has 17 atom stereocenters. The van der Waals surface area contributed by atoms with E-state index in [0.717, 1.165) is 0 Å². The lowest BCUT2D eigenvalue weighted by atomic mass is 9.94. The minimum absolute atomic E-state index is 0.0489. The Hall–Kier alpha value is -5.78. The summed E-state index contributed by atoms with van der Waals surface area (Å²) in [6.07, 6.45) is -20.0. The summed E-state index contributed by atoms with van der Waals surface area (Å²) in [5.41, 5.74) is 0.929. The number of benzene rings is 2. The van der Waals surface area contributed by atoms with Gasteiger partial charge in [0.2, 0.25) is 42.1 Å². The molecule has 0 radical (unpaired) electrons. The number of aliphatic hydroxyl groups excluding tert-OH is 8. The number of Topliss-reactive ketones (excluding diaryl/α,β-unsaturated/α-hetero) is 1. The van der Waals surface area contributed by atoms with E-state index in [9.17, 15) is 78.7 Å². The number of phosphoric acid groups is 2. The molecule has 106 heavy (non-hydrogen) atoms. The standard InChI is InChI=1S/C66H110N10O26P2S2/c1-33(2)26-44(72-60(88)38(11)69-51(81)30-47(79)45(27-34(3)4)73-61(89)53(37(9)10)75-62(90)52(36(7)8)74-50(80)28-35(5)6)46(78)29-41(77)20-23-76(24-21-67-65(105)70-39-12-16-42(17-13-39)99-63-58(86)56(84)54(82)48(101-63)31-97-103(91,92)93)25-22-68-66(106)71-40-14-18-43(19-15-40)100-64-59(87)57(85)55(83)49(102-64)32-98-104(94,95)96/h12-19,33-38,44-49,52-59,63-64,78-79,82-87H,20-32H2,1-11H3,(H,69,81)(H,72,88)(H,73,89)(H,74,80)(H,75,90)(H2,67,70,105)(H2,68,71,106)(H2,91,92,93)(H2,94,95,96)/t38-,44-,45-,46+,47+,48+,49+,52-,53-,54+,55+,56-,57-,58-,59-,63-,64-/m0/s1. The first kappa shape index (κ1) is 92.6. The number of rotatable bonds is 43. The van der Waals surface area contributed by atoms with Crippen molar-refractivity contribution < 1.29 is 126 Å². The molecule has 602 valence electrons. The number of phosphoric ester groups is 2. The number of carbonyl (C=O) groups excluding carboxylic acids is 6. The Labute approximate surface area is 627 Å². The molecule has 2 aliphatic rings. The van der Waals surface area contributed by atoms with E-state index in [-0.39, 0.29) is 122 Å². The van der Waals surface area contributed by atoms with Gasteiger partial charge in [-0.15, -0.1) is 0 Å². The first-order valence-electron chi connectivity index (χ1n) is 34.9. The molecule has 0 aliphatic carbocycles. The average Bonchev–Trinajstić information content (AvgIpc) is 0.814. The number of anilines is 2. The molecule has 2 aromatic carbocycles. The number of carbonyl (C=O) groups is 6. The van der Waals surface area contributed by atoms with Crippen molar-refractivity contribution in [3.8, 4) is 11.5 Å². The Kier molecular flexibility index (Phi) is 38.6. The maximum Gasteiger partial charge on any atom is 0.469 e. The normalized spacial score (nSPS) is 22.7. The van der Waals surface area contributed by atoms with Crippen molar-refractivity contribution in [1.82, 2.24) is 42.1 Å². The third kappa shape index (κ3) is 33.2. The van der Waals surface area contributed by atoms with Crippen LogP contribution in [0.2, 0.25) is 0 Å². The fraction of sp³-hybridized carbons (Fsp3) is 0.697. The summed E-state index contributed by atoms with van der Waals surface area (Å²) in [7, 11) is -9.96. The van der Waals surface area contributed by atoms with Crippen LogP contribution < -0.4 is 57.3 Å². The Morgan fingerprint density at radius 2 is 0.877 bits per heavy atom. The lowest BCUT2D eigenvalue weighted by molar-refractivity contribution is -0.276. The minimum atomic E-state index is -4.98. The number of ether oxygens (including phenoxy) is 4. The molecule has 40 heteroatoms. The molecule has 2 saturated heterocycles. The molecule has 4 rings (SSSR count). The monoisotopic (exact) mass is 1580 g/mol. The number of thiocarbonyl (C=S) groups is 2. The largest absolute Gasteiger partial charge is 0.469 e. The van der Waals surface area contributed by atoms with E-state index in [2.05, 4.69) is 56.9 Å². The highest BCUT2D eigenvalue weighted by molar-refractivity contribution is 7.80. The van der Waals surface area contributed by atoms with Crippen LogP contribution in [0.15, 0.2) is 48.5 Å². The molecule has 0 aromatic heterocycles. The van der Waals surface area contributed by atoms with E-state index in [1.54, 1.807) is 52.0 Å². The zero-order valence-electron chi connectivity index (χ0n) is 61.3. The van der Waals surface area contributed by atoms with Crippen LogP contribution in [-0.2, 0) is 56.4 Å². The highest BCUT2D eigenvalue weighted by Crippen LogP contribution is 2.39.